The van der Waals surface area contributed by atoms with Gasteiger partial charge in [0.1, 0.15) is 5.82 Å². The first-order valence-electron chi connectivity index (χ1n) is 5.05. The molecule has 0 aliphatic rings. The molecule has 0 saturated carbocycles. The van der Waals surface area contributed by atoms with E-state index in [0.717, 1.165) is 16.6 Å². The highest BCUT2D eigenvalue weighted by Gasteiger charge is 2.07. The molecule has 0 amide bonds. The van der Waals surface area contributed by atoms with E-state index < -0.39 is 6.10 Å². The zero-order chi connectivity index (χ0) is 11.5. The monoisotopic (exact) mass is 218 g/mol. The van der Waals surface area contributed by atoms with E-state index in [2.05, 4.69) is 15.3 Å². The lowest BCUT2D eigenvalue weighted by atomic mass is 10.1. The molecule has 1 atom stereocenters. The van der Waals surface area contributed by atoms with Crippen LogP contribution in [0, 0.1) is 0 Å². The zero-order valence-electron chi connectivity index (χ0n) is 9.01. The number of hydrogen-bond acceptors (Lipinski definition) is 5. The minimum atomic E-state index is -0.534. The molecular weight excluding hydrogens is 204 g/mol. The molecule has 1 aromatic carbocycles. The van der Waals surface area contributed by atoms with Gasteiger partial charge in [0, 0.05) is 6.54 Å². The number of anilines is 1. The summed E-state index contributed by atoms with van der Waals surface area (Å²) in [6.45, 7) is 0.508. The van der Waals surface area contributed by atoms with Gasteiger partial charge in [0.15, 0.2) is 0 Å². The van der Waals surface area contributed by atoms with Crippen molar-refractivity contribution in [3.05, 3.63) is 30.0 Å². The highest BCUT2D eigenvalue weighted by atomic mass is 16.3. The van der Waals surface area contributed by atoms with Crippen molar-refractivity contribution in [1.29, 1.82) is 0 Å². The van der Waals surface area contributed by atoms with Crippen molar-refractivity contribution in [2.45, 2.75) is 6.10 Å². The summed E-state index contributed by atoms with van der Waals surface area (Å²) in [5.41, 5.74) is 7.83. The highest BCUT2D eigenvalue weighted by Crippen LogP contribution is 2.17. The number of nitrogens with one attached hydrogen (secondary N) is 1. The molecular formula is C11H14N4O. The van der Waals surface area contributed by atoms with Crippen molar-refractivity contribution < 1.29 is 5.11 Å². The van der Waals surface area contributed by atoms with E-state index in [9.17, 15) is 5.11 Å². The number of aliphatic hydroxyl groups excluding tert-OH is 1. The second kappa shape index (κ2) is 4.42. The molecule has 1 unspecified atom stereocenters. The highest BCUT2D eigenvalue weighted by molar-refractivity contribution is 5.76. The molecule has 0 bridgehead atoms. The molecule has 4 N–H and O–H groups in total. The maximum atomic E-state index is 9.80. The van der Waals surface area contributed by atoms with Gasteiger partial charge < -0.3 is 16.2 Å². The molecule has 2 aromatic rings. The Morgan fingerprint density at radius 1 is 1.44 bits per heavy atom. The number of rotatable bonds is 3. The maximum Gasteiger partial charge on any atom is 0.142 e. The van der Waals surface area contributed by atoms with Crippen LogP contribution in [-0.4, -0.2) is 28.7 Å². The summed E-state index contributed by atoms with van der Waals surface area (Å²) >= 11 is 0. The number of hydrogen-bond donors (Lipinski definition) is 3. The van der Waals surface area contributed by atoms with E-state index in [4.69, 9.17) is 5.73 Å². The molecule has 5 nitrogen and oxygen atoms in total. The molecule has 84 valence electrons. The first-order valence-corrected chi connectivity index (χ1v) is 5.05. The van der Waals surface area contributed by atoms with Crippen LogP contribution >= 0.6 is 0 Å². The lowest BCUT2D eigenvalue weighted by molar-refractivity contribution is 0.178. The fourth-order valence-electron chi connectivity index (χ4n) is 1.56. The maximum absolute atomic E-state index is 9.80. The predicted molar refractivity (Wildman–Crippen MR) is 62.8 cm³/mol. The molecule has 1 aromatic heterocycles. The van der Waals surface area contributed by atoms with Gasteiger partial charge in [-0.15, -0.1) is 0 Å². The Labute approximate surface area is 93.3 Å². The van der Waals surface area contributed by atoms with Crippen LogP contribution in [0.15, 0.2) is 24.4 Å². The third-order valence-electron chi connectivity index (χ3n) is 2.37. The zero-order valence-corrected chi connectivity index (χ0v) is 9.01. The average Bonchev–Trinajstić information content (AvgIpc) is 2.28. The number of likely N-dealkylation sites (N-methyl/N-ethyl adjacent to an activating group) is 1. The van der Waals surface area contributed by atoms with Gasteiger partial charge in [0.05, 0.1) is 23.3 Å². The largest absolute Gasteiger partial charge is 0.387 e. The van der Waals surface area contributed by atoms with Crippen LogP contribution in [-0.2, 0) is 0 Å². The van der Waals surface area contributed by atoms with Gasteiger partial charge in [0.25, 0.3) is 0 Å². The number of nitrogens with zero attached hydrogens (tertiary/aromatic N) is 2. The topological polar surface area (TPSA) is 84.1 Å². The number of nitrogen functional groups attached to an aromatic ring is 1. The molecule has 5 heteroatoms. The van der Waals surface area contributed by atoms with Gasteiger partial charge >= 0.3 is 0 Å². The Bertz CT molecular complexity index is 500. The minimum absolute atomic E-state index is 0.399. The van der Waals surface area contributed by atoms with E-state index in [1.54, 1.807) is 7.05 Å². The lowest BCUT2D eigenvalue weighted by Crippen LogP contribution is -2.16. The van der Waals surface area contributed by atoms with Crippen LogP contribution in [0.3, 0.4) is 0 Å². The average molecular weight is 218 g/mol. The van der Waals surface area contributed by atoms with Gasteiger partial charge in [-0.1, -0.05) is 6.07 Å². The van der Waals surface area contributed by atoms with Crippen molar-refractivity contribution in [3.63, 3.8) is 0 Å². The molecule has 0 aliphatic carbocycles. The van der Waals surface area contributed by atoms with Crippen LogP contribution < -0.4 is 11.1 Å². The van der Waals surface area contributed by atoms with Gasteiger partial charge in [-0.2, -0.15) is 0 Å². The predicted octanol–water partition coefficient (Wildman–Crippen LogP) is 0.465. The Balaban J connectivity index is 2.40. The molecule has 0 spiro atoms. The standard InChI is InChI=1S/C11H14N4O/c1-13-5-10(16)7-2-3-8-9(4-7)14-6-11(12)15-8/h2-4,6,10,13,16H,5H2,1H3,(H2,12,15). The summed E-state index contributed by atoms with van der Waals surface area (Å²) in [6.07, 6.45) is 0.977. The van der Waals surface area contributed by atoms with E-state index in [1.807, 2.05) is 18.2 Å². The second-order valence-corrected chi connectivity index (χ2v) is 3.62. The Morgan fingerprint density at radius 2 is 2.25 bits per heavy atom. The van der Waals surface area contributed by atoms with Gasteiger partial charge in [-0.05, 0) is 24.7 Å². The number of aliphatic hydroxyl groups is 1. The summed E-state index contributed by atoms with van der Waals surface area (Å²) in [5, 5.41) is 12.7. The molecule has 0 aliphatic heterocycles. The van der Waals surface area contributed by atoms with Crippen LogP contribution in [0.4, 0.5) is 5.82 Å². The third-order valence-corrected chi connectivity index (χ3v) is 2.37. The quantitative estimate of drug-likeness (QED) is 0.697. The van der Waals surface area contributed by atoms with Crippen molar-refractivity contribution >= 4 is 16.9 Å². The molecule has 0 radical (unpaired) electrons. The molecule has 1 heterocycles. The fraction of sp³-hybridized carbons (Fsp3) is 0.273. The van der Waals surface area contributed by atoms with Crippen molar-refractivity contribution in [1.82, 2.24) is 15.3 Å². The molecule has 0 saturated heterocycles. The summed E-state index contributed by atoms with van der Waals surface area (Å²) in [7, 11) is 1.80. The number of nitrogens with two attached hydrogens (primary N) is 1. The SMILES string of the molecule is CNCC(O)c1ccc2nc(N)cnc2c1. The van der Waals surface area contributed by atoms with Crippen molar-refractivity contribution in [2.75, 3.05) is 19.3 Å². The Morgan fingerprint density at radius 3 is 3.00 bits per heavy atom. The first kappa shape index (κ1) is 10.8. The van der Waals surface area contributed by atoms with Gasteiger partial charge in [-0.3, -0.25) is 4.98 Å². The number of aromatic nitrogens is 2. The van der Waals surface area contributed by atoms with Crippen LogP contribution in [0.1, 0.15) is 11.7 Å². The van der Waals surface area contributed by atoms with E-state index in [1.165, 1.54) is 6.20 Å². The minimum Gasteiger partial charge on any atom is -0.387 e. The summed E-state index contributed by atoms with van der Waals surface area (Å²) in [4.78, 5) is 8.31. The molecule has 16 heavy (non-hydrogen) atoms. The van der Waals surface area contributed by atoms with Crippen LogP contribution in [0.25, 0.3) is 11.0 Å². The van der Waals surface area contributed by atoms with E-state index in [0.29, 0.717) is 12.4 Å². The van der Waals surface area contributed by atoms with Gasteiger partial charge in [0.2, 0.25) is 0 Å². The van der Waals surface area contributed by atoms with Gasteiger partial charge in [-0.25, -0.2) is 4.98 Å². The Hall–Kier alpha value is -1.72. The first-order chi connectivity index (χ1) is 7.70. The number of fused-ring (bicyclic) bond motifs is 1. The summed E-state index contributed by atoms with van der Waals surface area (Å²) in [5.74, 6) is 0.399. The fourth-order valence-corrected chi connectivity index (χ4v) is 1.56. The van der Waals surface area contributed by atoms with Crippen molar-refractivity contribution in [2.24, 2.45) is 0 Å². The second-order valence-electron chi connectivity index (χ2n) is 3.62. The summed E-state index contributed by atoms with van der Waals surface area (Å²) in [6, 6.07) is 5.47. The normalized spacial score (nSPS) is 12.9. The molecule has 0 fully saturated rings. The van der Waals surface area contributed by atoms with E-state index in [-0.39, 0.29) is 0 Å². The third kappa shape index (κ3) is 2.10. The van der Waals surface area contributed by atoms with Crippen LogP contribution in [0.5, 0.6) is 0 Å². The van der Waals surface area contributed by atoms with E-state index >= 15 is 0 Å². The Kier molecular flexibility index (Phi) is 2.98. The van der Waals surface area contributed by atoms with Crippen LogP contribution in [0.2, 0.25) is 0 Å². The smallest absolute Gasteiger partial charge is 0.142 e. The number of benzene rings is 1. The summed E-state index contributed by atoms with van der Waals surface area (Å²) < 4.78 is 0. The molecule has 2 rings (SSSR count). The van der Waals surface area contributed by atoms with Crippen molar-refractivity contribution in [3.8, 4) is 0 Å². The lowest BCUT2D eigenvalue weighted by Gasteiger charge is -2.10.